The van der Waals surface area contributed by atoms with Crippen molar-refractivity contribution in [3.05, 3.63) is 66.7 Å². The van der Waals surface area contributed by atoms with Gasteiger partial charge < -0.3 is 11.6 Å². The molecule has 0 aliphatic rings. The lowest BCUT2D eigenvalue weighted by molar-refractivity contribution is 0.405. The average Bonchev–Trinajstić information content (AvgIpc) is 2.65. The second-order valence-corrected chi connectivity index (χ2v) is 5.33. The predicted octanol–water partition coefficient (Wildman–Crippen LogP) is 2.88. The molecule has 2 heterocycles. The van der Waals surface area contributed by atoms with Crippen LogP contribution in [0.2, 0.25) is 0 Å². The van der Waals surface area contributed by atoms with Crippen LogP contribution in [0.5, 0.6) is 0 Å². The molecule has 9 heteroatoms. The molecule has 2 aromatic heterocycles. The molecule has 0 bridgehead atoms. The molecule has 0 aromatic carbocycles. The number of aromatic nitrogens is 2. The molecule has 0 aliphatic carbocycles. The number of nitrogens with zero attached hydrogens (tertiary/aromatic N) is 4. The van der Waals surface area contributed by atoms with Crippen LogP contribution in [0.15, 0.2) is 66.2 Å². The number of hydrazone groups is 1. The second kappa shape index (κ2) is 10.6. The quantitative estimate of drug-likeness (QED) is 0.248. The molecule has 2 rings (SSSR count). The first-order valence-electron chi connectivity index (χ1n) is 7.89. The maximum absolute atomic E-state index is 13.5. The van der Waals surface area contributed by atoms with Crippen LogP contribution >= 0.6 is 0 Å². The Bertz CT molecular complexity index is 816. The zero-order chi connectivity index (χ0) is 20.4. The summed E-state index contributed by atoms with van der Waals surface area (Å²) in [5.74, 6) is 9.16. The first kappa shape index (κ1) is 21.7. The summed E-state index contributed by atoms with van der Waals surface area (Å²) in [5.41, 5.74) is 7.63. The first-order chi connectivity index (χ1) is 12.8. The van der Waals surface area contributed by atoms with E-state index in [9.17, 15) is 8.78 Å². The van der Waals surface area contributed by atoms with E-state index in [1.807, 2.05) is 13.0 Å². The van der Waals surface area contributed by atoms with E-state index in [-0.39, 0.29) is 11.7 Å². The monoisotopic (exact) mass is 375 g/mol. The number of pyridine rings is 2. The summed E-state index contributed by atoms with van der Waals surface area (Å²) in [6.45, 7) is 5.69. The third-order valence-corrected chi connectivity index (χ3v) is 3.23. The van der Waals surface area contributed by atoms with Crippen molar-refractivity contribution in [2.24, 2.45) is 16.8 Å². The number of hydrogen-bond donors (Lipinski definition) is 3. The van der Waals surface area contributed by atoms with Gasteiger partial charge in [-0.15, -0.1) is 6.58 Å². The Morgan fingerprint density at radius 3 is 2.52 bits per heavy atom. The van der Waals surface area contributed by atoms with Crippen LogP contribution in [0.25, 0.3) is 11.1 Å². The van der Waals surface area contributed by atoms with Crippen LogP contribution in [-0.2, 0) is 0 Å². The van der Waals surface area contributed by atoms with Crippen LogP contribution in [0.4, 0.5) is 14.6 Å². The number of nitrogen functional groups attached to an aromatic ring is 1. The highest BCUT2D eigenvalue weighted by atomic mass is 19.2. The maximum Gasteiger partial charge on any atom is 0.173 e. The normalized spacial score (nSPS) is 11.8. The fraction of sp³-hybridized carbons (Fsp3) is 0.167. The van der Waals surface area contributed by atoms with Crippen LogP contribution in [0.3, 0.4) is 0 Å². The molecule has 0 aliphatic heterocycles. The van der Waals surface area contributed by atoms with Gasteiger partial charge in [-0.3, -0.25) is 9.99 Å². The van der Waals surface area contributed by atoms with Crippen molar-refractivity contribution in [1.29, 1.82) is 0 Å². The smallest absolute Gasteiger partial charge is 0.173 e. The molecular formula is C18H23F2N7. The molecule has 7 nitrogen and oxygen atoms in total. The Morgan fingerprint density at radius 2 is 2.00 bits per heavy atom. The number of hydrogen-bond acceptors (Lipinski definition) is 6. The fourth-order valence-corrected chi connectivity index (χ4v) is 1.98. The number of nitrogens with two attached hydrogens (primary N) is 3. The summed E-state index contributed by atoms with van der Waals surface area (Å²) >= 11 is 0. The van der Waals surface area contributed by atoms with E-state index in [0.717, 1.165) is 17.5 Å². The van der Waals surface area contributed by atoms with E-state index >= 15 is 0 Å². The van der Waals surface area contributed by atoms with E-state index in [4.69, 9.17) is 17.4 Å². The Labute approximate surface area is 156 Å². The molecule has 144 valence electrons. The number of allylic oxidation sites excluding steroid dienone is 2. The van der Waals surface area contributed by atoms with Gasteiger partial charge in [0.05, 0.1) is 12.1 Å². The highest BCUT2D eigenvalue weighted by Crippen LogP contribution is 2.22. The number of hydrazine groups is 1. The Hall–Kier alpha value is -3.33. The lowest BCUT2D eigenvalue weighted by atomic mass is 10.1. The average molecular weight is 375 g/mol. The van der Waals surface area contributed by atoms with Crippen LogP contribution in [0.1, 0.15) is 19.4 Å². The van der Waals surface area contributed by atoms with E-state index in [1.54, 1.807) is 36.8 Å². The van der Waals surface area contributed by atoms with Gasteiger partial charge in [0.2, 0.25) is 0 Å². The Morgan fingerprint density at radius 1 is 1.33 bits per heavy atom. The summed E-state index contributed by atoms with van der Waals surface area (Å²) < 4.78 is 26.4. The first-order valence-corrected chi connectivity index (χ1v) is 7.89. The molecule has 0 radical (unpaired) electrons. The summed E-state index contributed by atoms with van der Waals surface area (Å²) in [6.07, 6.45) is 6.58. The molecule has 0 amide bonds. The maximum atomic E-state index is 13.5. The van der Waals surface area contributed by atoms with Crippen LogP contribution < -0.4 is 17.4 Å². The van der Waals surface area contributed by atoms with Gasteiger partial charge in [0.15, 0.2) is 11.7 Å². The second-order valence-electron chi connectivity index (χ2n) is 5.33. The highest BCUT2D eigenvalue weighted by molar-refractivity contribution is 6.02. The van der Waals surface area contributed by atoms with Crippen molar-refractivity contribution < 1.29 is 8.78 Å². The standard InChI is InChI=1S/C15H17F2N7.C3H6/c1-9(16)13(17)8-24(20)15(23-19)12-5-11(7-22-14(12)18)10-3-2-4-21-6-10;1-3-2/h2-7H,8,19-20H2,1H3,(H2,18,22);3H,1H2,2H3/b13-9-,23-15-;. The predicted molar refractivity (Wildman–Crippen MR) is 104 cm³/mol. The largest absolute Gasteiger partial charge is 0.383 e. The highest BCUT2D eigenvalue weighted by Gasteiger charge is 2.18. The van der Waals surface area contributed by atoms with Crippen molar-refractivity contribution in [2.75, 3.05) is 12.3 Å². The van der Waals surface area contributed by atoms with Gasteiger partial charge in [0, 0.05) is 29.7 Å². The van der Waals surface area contributed by atoms with Gasteiger partial charge in [-0.25, -0.2) is 19.6 Å². The molecule has 0 unspecified atom stereocenters. The summed E-state index contributed by atoms with van der Waals surface area (Å²) in [7, 11) is 0. The molecule has 0 atom stereocenters. The minimum atomic E-state index is -1.03. The molecule has 0 spiro atoms. The van der Waals surface area contributed by atoms with Gasteiger partial charge >= 0.3 is 0 Å². The number of anilines is 1. The molecule has 6 N–H and O–H groups in total. The van der Waals surface area contributed by atoms with Crippen molar-refractivity contribution in [3.63, 3.8) is 0 Å². The molecule has 2 aromatic rings. The Balaban J connectivity index is 0.00000114. The van der Waals surface area contributed by atoms with Crippen molar-refractivity contribution >= 4 is 11.7 Å². The van der Waals surface area contributed by atoms with Gasteiger partial charge in [0.25, 0.3) is 0 Å². The summed E-state index contributed by atoms with van der Waals surface area (Å²) in [4.78, 5) is 8.10. The minimum Gasteiger partial charge on any atom is -0.383 e. The van der Waals surface area contributed by atoms with E-state index < -0.39 is 18.2 Å². The minimum absolute atomic E-state index is 0.0258. The molecule has 0 saturated heterocycles. The van der Waals surface area contributed by atoms with Gasteiger partial charge in [-0.1, -0.05) is 12.1 Å². The number of amidine groups is 1. The third-order valence-electron chi connectivity index (χ3n) is 3.23. The van der Waals surface area contributed by atoms with E-state index in [1.165, 1.54) is 0 Å². The Kier molecular flexibility index (Phi) is 8.54. The van der Waals surface area contributed by atoms with Gasteiger partial charge in [0.1, 0.15) is 11.6 Å². The topological polar surface area (TPSA) is 119 Å². The van der Waals surface area contributed by atoms with Crippen LogP contribution in [0, 0.1) is 0 Å². The zero-order valence-electron chi connectivity index (χ0n) is 15.2. The molecule has 0 saturated carbocycles. The van der Waals surface area contributed by atoms with Crippen molar-refractivity contribution in [1.82, 2.24) is 15.0 Å². The number of halogens is 2. The lowest BCUT2D eigenvalue weighted by Gasteiger charge is -2.20. The lowest BCUT2D eigenvalue weighted by Crippen LogP contribution is -2.40. The molecule has 27 heavy (non-hydrogen) atoms. The summed E-state index contributed by atoms with van der Waals surface area (Å²) in [6, 6.07) is 5.25. The fourth-order valence-electron chi connectivity index (χ4n) is 1.98. The van der Waals surface area contributed by atoms with Gasteiger partial charge in [-0.2, -0.15) is 5.10 Å². The zero-order valence-corrected chi connectivity index (χ0v) is 15.2. The summed E-state index contributed by atoms with van der Waals surface area (Å²) in [5, 5.41) is 4.40. The van der Waals surface area contributed by atoms with Crippen molar-refractivity contribution in [2.45, 2.75) is 13.8 Å². The molecular weight excluding hydrogens is 352 g/mol. The molecule has 0 fully saturated rings. The van der Waals surface area contributed by atoms with Crippen molar-refractivity contribution in [3.8, 4) is 11.1 Å². The van der Waals surface area contributed by atoms with E-state index in [0.29, 0.717) is 11.1 Å². The van der Waals surface area contributed by atoms with Gasteiger partial charge in [-0.05, 0) is 26.0 Å². The SMILES string of the molecule is C/C(F)=C(/F)CN(N)/C(=N\N)c1cc(-c2cccnc2)cnc1N.C=CC. The third kappa shape index (κ3) is 6.15. The number of rotatable bonds is 4. The van der Waals surface area contributed by atoms with Crippen LogP contribution in [-0.4, -0.2) is 27.4 Å². The van der Waals surface area contributed by atoms with E-state index in [2.05, 4.69) is 21.6 Å².